The maximum atomic E-state index is 13.3. The van der Waals surface area contributed by atoms with Crippen molar-refractivity contribution in [3.63, 3.8) is 0 Å². The molecule has 0 aliphatic carbocycles. The van der Waals surface area contributed by atoms with Gasteiger partial charge >= 0.3 is 0 Å². The smallest absolute Gasteiger partial charge is 0.257 e. The van der Waals surface area contributed by atoms with Crippen molar-refractivity contribution in [1.82, 2.24) is 15.0 Å². The van der Waals surface area contributed by atoms with E-state index in [0.717, 1.165) is 33.4 Å². The average Bonchev–Trinajstić information content (AvgIpc) is 3.09. The second-order valence-corrected chi connectivity index (χ2v) is 7.30. The third-order valence-corrected chi connectivity index (χ3v) is 5.15. The van der Waals surface area contributed by atoms with E-state index in [1.165, 1.54) is 0 Å². The molecule has 0 unspecified atom stereocenters. The highest BCUT2D eigenvalue weighted by molar-refractivity contribution is 6.01. The Morgan fingerprint density at radius 1 is 1.07 bits per heavy atom. The molecule has 0 aliphatic rings. The molecule has 2 aromatic carbocycles. The Morgan fingerprint density at radius 3 is 2.43 bits per heavy atom. The van der Waals surface area contributed by atoms with Gasteiger partial charge in [0.25, 0.3) is 5.91 Å². The van der Waals surface area contributed by atoms with Gasteiger partial charge in [-0.3, -0.25) is 9.78 Å². The van der Waals surface area contributed by atoms with Gasteiger partial charge in [0.1, 0.15) is 18.1 Å². The predicted molar refractivity (Wildman–Crippen MR) is 114 cm³/mol. The molecule has 0 fully saturated rings. The first-order valence-electron chi connectivity index (χ1n) is 9.74. The summed E-state index contributed by atoms with van der Waals surface area (Å²) < 4.78 is 11.3. The minimum atomic E-state index is -0.105. The standard InChI is InChI=1S/C24H23N3O3/c1-16-22(17(2)30-26-16)15-29-23-13-20-7-5-4-6-19(20)12-21(23)24(28)27(3)14-18-8-10-25-11-9-18/h4-13H,14-15H2,1-3H3. The maximum absolute atomic E-state index is 13.3. The fourth-order valence-corrected chi connectivity index (χ4v) is 3.40. The lowest BCUT2D eigenvalue weighted by Crippen LogP contribution is -2.26. The molecule has 2 heterocycles. The first-order valence-corrected chi connectivity index (χ1v) is 9.74. The van der Waals surface area contributed by atoms with Gasteiger partial charge in [-0.25, -0.2) is 0 Å². The Labute approximate surface area is 175 Å². The lowest BCUT2D eigenvalue weighted by molar-refractivity contribution is 0.0780. The lowest BCUT2D eigenvalue weighted by atomic mass is 10.0. The van der Waals surface area contributed by atoms with E-state index >= 15 is 0 Å². The Hall–Kier alpha value is -3.67. The second kappa shape index (κ2) is 8.37. The summed E-state index contributed by atoms with van der Waals surface area (Å²) in [6, 6.07) is 15.5. The number of nitrogens with zero attached hydrogens (tertiary/aromatic N) is 3. The molecule has 0 saturated heterocycles. The number of benzene rings is 2. The van der Waals surface area contributed by atoms with Crippen molar-refractivity contribution in [2.24, 2.45) is 0 Å². The quantitative estimate of drug-likeness (QED) is 0.469. The van der Waals surface area contributed by atoms with Gasteiger partial charge in [0.2, 0.25) is 0 Å². The first kappa shape index (κ1) is 19.6. The van der Waals surface area contributed by atoms with Crippen LogP contribution in [0, 0.1) is 13.8 Å². The van der Waals surface area contributed by atoms with Crippen molar-refractivity contribution in [2.75, 3.05) is 7.05 Å². The molecule has 0 spiro atoms. The van der Waals surface area contributed by atoms with Gasteiger partial charge in [0, 0.05) is 26.0 Å². The van der Waals surface area contributed by atoms with E-state index in [0.29, 0.717) is 17.9 Å². The van der Waals surface area contributed by atoms with Crippen LogP contribution in [0.3, 0.4) is 0 Å². The normalized spacial score (nSPS) is 10.9. The van der Waals surface area contributed by atoms with Crippen LogP contribution in [-0.4, -0.2) is 28.0 Å². The molecule has 152 valence electrons. The highest BCUT2D eigenvalue weighted by Crippen LogP contribution is 2.29. The topological polar surface area (TPSA) is 68.5 Å². The third kappa shape index (κ3) is 4.03. The second-order valence-electron chi connectivity index (χ2n) is 7.30. The van der Waals surface area contributed by atoms with Gasteiger partial charge in [-0.2, -0.15) is 0 Å². The molecule has 0 saturated carbocycles. The molecule has 4 aromatic rings. The Bertz CT molecular complexity index is 1170. The molecule has 2 aromatic heterocycles. The van der Waals surface area contributed by atoms with Crippen molar-refractivity contribution < 1.29 is 14.1 Å². The molecule has 0 N–H and O–H groups in total. The fourth-order valence-electron chi connectivity index (χ4n) is 3.40. The zero-order chi connectivity index (χ0) is 21.1. The summed E-state index contributed by atoms with van der Waals surface area (Å²) in [5.41, 5.74) is 3.22. The van der Waals surface area contributed by atoms with Crippen LogP contribution in [0.25, 0.3) is 10.8 Å². The summed E-state index contributed by atoms with van der Waals surface area (Å²) in [5, 5.41) is 5.98. The number of aromatic nitrogens is 2. The van der Waals surface area contributed by atoms with Crippen LogP contribution in [0.15, 0.2) is 65.4 Å². The number of aryl methyl sites for hydroxylation is 2. The SMILES string of the molecule is Cc1noc(C)c1COc1cc2ccccc2cc1C(=O)N(C)Cc1ccncc1. The highest BCUT2D eigenvalue weighted by atomic mass is 16.5. The van der Waals surface area contributed by atoms with Crippen LogP contribution in [0.1, 0.15) is 32.9 Å². The molecule has 0 bridgehead atoms. The first-order chi connectivity index (χ1) is 14.5. The third-order valence-electron chi connectivity index (χ3n) is 5.15. The molecular weight excluding hydrogens is 378 g/mol. The maximum Gasteiger partial charge on any atom is 0.257 e. The molecule has 0 aliphatic heterocycles. The summed E-state index contributed by atoms with van der Waals surface area (Å²) in [7, 11) is 1.79. The number of carbonyl (C=O) groups excluding carboxylic acids is 1. The van der Waals surface area contributed by atoms with Crippen LogP contribution < -0.4 is 4.74 Å². The number of ether oxygens (including phenoxy) is 1. The Kier molecular flexibility index (Phi) is 5.48. The zero-order valence-electron chi connectivity index (χ0n) is 17.3. The summed E-state index contributed by atoms with van der Waals surface area (Å²) in [6.45, 7) is 4.50. The molecule has 4 rings (SSSR count). The summed E-state index contributed by atoms with van der Waals surface area (Å²) in [6.07, 6.45) is 3.45. The van der Waals surface area contributed by atoms with Gasteiger partial charge in [-0.1, -0.05) is 29.4 Å². The van der Waals surface area contributed by atoms with Crippen LogP contribution in [-0.2, 0) is 13.2 Å². The number of hydrogen-bond donors (Lipinski definition) is 0. The molecule has 30 heavy (non-hydrogen) atoms. The molecule has 6 nitrogen and oxygen atoms in total. The number of carbonyl (C=O) groups is 1. The van der Waals surface area contributed by atoms with Crippen LogP contribution in [0.4, 0.5) is 0 Å². The molecule has 0 atom stereocenters. The minimum absolute atomic E-state index is 0.105. The molecule has 1 amide bonds. The van der Waals surface area contributed by atoms with E-state index in [9.17, 15) is 4.79 Å². The number of rotatable bonds is 6. The zero-order valence-corrected chi connectivity index (χ0v) is 17.3. The highest BCUT2D eigenvalue weighted by Gasteiger charge is 2.19. The average molecular weight is 401 g/mol. The summed E-state index contributed by atoms with van der Waals surface area (Å²) in [4.78, 5) is 19.0. The van der Waals surface area contributed by atoms with Crippen LogP contribution in [0.2, 0.25) is 0 Å². The summed E-state index contributed by atoms with van der Waals surface area (Å²) in [5.74, 6) is 1.16. The van der Waals surface area contributed by atoms with Gasteiger partial charge in [-0.05, 0) is 54.4 Å². The van der Waals surface area contributed by atoms with E-state index < -0.39 is 0 Å². The van der Waals surface area contributed by atoms with Crippen LogP contribution in [0.5, 0.6) is 5.75 Å². The van der Waals surface area contributed by atoms with E-state index in [2.05, 4.69) is 10.1 Å². The van der Waals surface area contributed by atoms with Crippen molar-refractivity contribution in [2.45, 2.75) is 27.0 Å². The van der Waals surface area contributed by atoms with Gasteiger partial charge in [0.05, 0.1) is 16.8 Å². The van der Waals surface area contributed by atoms with Gasteiger partial charge in [-0.15, -0.1) is 0 Å². The van der Waals surface area contributed by atoms with E-state index in [-0.39, 0.29) is 12.5 Å². The van der Waals surface area contributed by atoms with Crippen molar-refractivity contribution in [3.05, 3.63) is 89.1 Å². The lowest BCUT2D eigenvalue weighted by Gasteiger charge is -2.20. The largest absolute Gasteiger partial charge is 0.488 e. The van der Waals surface area contributed by atoms with E-state index in [1.807, 2.05) is 62.4 Å². The number of pyridine rings is 1. The van der Waals surface area contributed by atoms with Crippen molar-refractivity contribution >= 4 is 16.7 Å². The summed E-state index contributed by atoms with van der Waals surface area (Å²) >= 11 is 0. The number of fused-ring (bicyclic) bond motifs is 1. The Morgan fingerprint density at radius 2 is 1.77 bits per heavy atom. The molecule has 6 heteroatoms. The molecular formula is C24H23N3O3. The fraction of sp³-hybridized carbons (Fsp3) is 0.208. The van der Waals surface area contributed by atoms with Crippen molar-refractivity contribution in [3.8, 4) is 5.75 Å². The van der Waals surface area contributed by atoms with E-state index in [1.54, 1.807) is 24.3 Å². The van der Waals surface area contributed by atoms with Crippen LogP contribution >= 0.6 is 0 Å². The van der Waals surface area contributed by atoms with E-state index in [4.69, 9.17) is 9.26 Å². The van der Waals surface area contributed by atoms with Gasteiger partial charge < -0.3 is 14.2 Å². The number of amides is 1. The molecule has 0 radical (unpaired) electrons. The monoisotopic (exact) mass is 401 g/mol. The number of hydrogen-bond acceptors (Lipinski definition) is 5. The predicted octanol–water partition coefficient (Wildman–Crippen LogP) is 4.69. The van der Waals surface area contributed by atoms with Gasteiger partial charge in [0.15, 0.2) is 0 Å². The minimum Gasteiger partial charge on any atom is -0.488 e. The Balaban J connectivity index is 1.66. The van der Waals surface area contributed by atoms with Crippen molar-refractivity contribution in [1.29, 1.82) is 0 Å².